The standard InChI is InChI=1S/C17H24O2/c1-14-8-5-6-12-17(14)19-13-7-11-16(18)15-9-3-2-4-10-15/h2-4,9-10,14,17H,5-8,11-13H2,1H3. The highest BCUT2D eigenvalue weighted by Gasteiger charge is 2.21. The van der Waals surface area contributed by atoms with E-state index in [1.807, 2.05) is 30.3 Å². The van der Waals surface area contributed by atoms with Gasteiger partial charge >= 0.3 is 0 Å². The Balaban J connectivity index is 1.65. The highest BCUT2D eigenvalue weighted by atomic mass is 16.5. The number of carbonyl (C=O) groups is 1. The predicted octanol–water partition coefficient (Wildman–Crippen LogP) is 4.24. The molecular formula is C17H24O2. The minimum Gasteiger partial charge on any atom is -0.378 e. The maximum absolute atomic E-state index is 11.9. The third-order valence-corrected chi connectivity index (χ3v) is 4.01. The van der Waals surface area contributed by atoms with Gasteiger partial charge in [0.25, 0.3) is 0 Å². The van der Waals surface area contributed by atoms with E-state index in [1.165, 1.54) is 25.7 Å². The monoisotopic (exact) mass is 260 g/mol. The molecule has 1 saturated carbocycles. The van der Waals surface area contributed by atoms with Gasteiger partial charge < -0.3 is 4.74 Å². The second-order valence-corrected chi connectivity index (χ2v) is 5.56. The maximum atomic E-state index is 11.9. The fraction of sp³-hybridized carbons (Fsp3) is 0.588. The molecule has 2 atom stereocenters. The van der Waals surface area contributed by atoms with E-state index in [0.717, 1.165) is 12.0 Å². The summed E-state index contributed by atoms with van der Waals surface area (Å²) in [5.41, 5.74) is 0.813. The molecule has 1 fully saturated rings. The van der Waals surface area contributed by atoms with Crippen molar-refractivity contribution >= 4 is 5.78 Å². The number of benzene rings is 1. The first-order chi connectivity index (χ1) is 9.27. The van der Waals surface area contributed by atoms with Crippen molar-refractivity contribution < 1.29 is 9.53 Å². The Bertz CT molecular complexity index is 386. The van der Waals surface area contributed by atoms with Crippen LogP contribution in [0.2, 0.25) is 0 Å². The van der Waals surface area contributed by atoms with Crippen molar-refractivity contribution in [2.24, 2.45) is 5.92 Å². The summed E-state index contributed by atoms with van der Waals surface area (Å²) < 4.78 is 5.93. The molecule has 1 aliphatic carbocycles. The molecular weight excluding hydrogens is 236 g/mol. The molecule has 0 spiro atoms. The molecule has 2 heteroatoms. The lowest BCUT2D eigenvalue weighted by atomic mass is 9.88. The van der Waals surface area contributed by atoms with E-state index in [0.29, 0.717) is 25.0 Å². The fourth-order valence-corrected chi connectivity index (χ4v) is 2.77. The lowest BCUT2D eigenvalue weighted by molar-refractivity contribution is -0.00611. The van der Waals surface area contributed by atoms with Crippen LogP contribution >= 0.6 is 0 Å². The Labute approximate surface area is 116 Å². The lowest BCUT2D eigenvalue weighted by Gasteiger charge is -2.28. The molecule has 0 bridgehead atoms. The molecule has 2 rings (SSSR count). The molecule has 104 valence electrons. The lowest BCUT2D eigenvalue weighted by Crippen LogP contribution is -2.26. The summed E-state index contributed by atoms with van der Waals surface area (Å²) >= 11 is 0. The molecule has 19 heavy (non-hydrogen) atoms. The first-order valence-corrected chi connectivity index (χ1v) is 7.47. The van der Waals surface area contributed by atoms with Gasteiger partial charge in [-0.2, -0.15) is 0 Å². The first-order valence-electron chi connectivity index (χ1n) is 7.47. The number of hydrogen-bond donors (Lipinski definition) is 0. The van der Waals surface area contributed by atoms with Gasteiger partial charge in [0.1, 0.15) is 0 Å². The van der Waals surface area contributed by atoms with E-state index in [1.54, 1.807) is 0 Å². The molecule has 0 N–H and O–H groups in total. The molecule has 2 nitrogen and oxygen atoms in total. The van der Waals surface area contributed by atoms with Crippen molar-refractivity contribution in [1.29, 1.82) is 0 Å². The average Bonchev–Trinajstić information content (AvgIpc) is 2.46. The van der Waals surface area contributed by atoms with Crippen molar-refractivity contribution in [3.05, 3.63) is 35.9 Å². The molecule has 0 aliphatic heterocycles. The zero-order valence-corrected chi connectivity index (χ0v) is 11.8. The van der Waals surface area contributed by atoms with Gasteiger partial charge in [-0.05, 0) is 25.2 Å². The van der Waals surface area contributed by atoms with Crippen LogP contribution in [0.25, 0.3) is 0 Å². The molecule has 0 aromatic heterocycles. The summed E-state index contributed by atoms with van der Waals surface area (Å²) in [6.07, 6.45) is 6.94. The van der Waals surface area contributed by atoms with E-state index in [-0.39, 0.29) is 5.78 Å². The van der Waals surface area contributed by atoms with Crippen molar-refractivity contribution in [1.82, 2.24) is 0 Å². The van der Waals surface area contributed by atoms with Crippen molar-refractivity contribution in [2.75, 3.05) is 6.61 Å². The molecule has 1 aliphatic rings. The Kier molecular flexibility index (Phi) is 5.59. The Morgan fingerprint density at radius 2 is 1.95 bits per heavy atom. The molecule has 1 aromatic carbocycles. The molecule has 0 radical (unpaired) electrons. The average molecular weight is 260 g/mol. The minimum absolute atomic E-state index is 0.223. The maximum Gasteiger partial charge on any atom is 0.162 e. The number of rotatable bonds is 6. The van der Waals surface area contributed by atoms with Crippen molar-refractivity contribution in [2.45, 2.75) is 51.6 Å². The van der Waals surface area contributed by atoms with Crippen LogP contribution < -0.4 is 0 Å². The van der Waals surface area contributed by atoms with Gasteiger partial charge in [0.05, 0.1) is 6.10 Å². The second kappa shape index (κ2) is 7.44. The van der Waals surface area contributed by atoms with Crippen LogP contribution in [0.1, 0.15) is 55.8 Å². The number of Topliss-reactive ketones (excluding diaryl/α,β-unsaturated/α-hetero) is 1. The van der Waals surface area contributed by atoms with Gasteiger partial charge in [-0.3, -0.25) is 4.79 Å². The first kappa shape index (κ1) is 14.3. The molecule has 0 heterocycles. The zero-order chi connectivity index (χ0) is 13.5. The summed E-state index contributed by atoms with van der Waals surface area (Å²) in [4.78, 5) is 11.9. The normalized spacial score (nSPS) is 23.2. The van der Waals surface area contributed by atoms with E-state index in [2.05, 4.69) is 6.92 Å². The summed E-state index contributed by atoms with van der Waals surface area (Å²) in [5, 5.41) is 0. The van der Waals surface area contributed by atoms with Gasteiger partial charge in [0, 0.05) is 18.6 Å². The highest BCUT2D eigenvalue weighted by Crippen LogP contribution is 2.26. The summed E-state index contributed by atoms with van der Waals surface area (Å²) in [6.45, 7) is 2.99. The largest absolute Gasteiger partial charge is 0.378 e. The number of carbonyl (C=O) groups excluding carboxylic acids is 1. The number of ether oxygens (including phenoxy) is 1. The Hall–Kier alpha value is -1.15. The third-order valence-electron chi connectivity index (χ3n) is 4.01. The van der Waals surface area contributed by atoms with E-state index < -0.39 is 0 Å². The van der Waals surface area contributed by atoms with Crippen LogP contribution in [0.15, 0.2) is 30.3 Å². The molecule has 0 saturated heterocycles. The highest BCUT2D eigenvalue weighted by molar-refractivity contribution is 5.95. The summed E-state index contributed by atoms with van der Waals surface area (Å²) in [7, 11) is 0. The van der Waals surface area contributed by atoms with E-state index in [9.17, 15) is 4.79 Å². The topological polar surface area (TPSA) is 26.3 Å². The Morgan fingerprint density at radius 1 is 1.21 bits per heavy atom. The molecule has 1 aromatic rings. The smallest absolute Gasteiger partial charge is 0.162 e. The third kappa shape index (κ3) is 4.46. The van der Waals surface area contributed by atoms with Gasteiger partial charge in [-0.1, -0.05) is 50.1 Å². The number of hydrogen-bond acceptors (Lipinski definition) is 2. The molecule has 2 unspecified atom stereocenters. The van der Waals surface area contributed by atoms with Gasteiger partial charge in [0.15, 0.2) is 5.78 Å². The predicted molar refractivity (Wildman–Crippen MR) is 77.4 cm³/mol. The van der Waals surface area contributed by atoms with Crippen LogP contribution in [0.4, 0.5) is 0 Å². The zero-order valence-electron chi connectivity index (χ0n) is 11.8. The second-order valence-electron chi connectivity index (χ2n) is 5.56. The number of ketones is 1. The SMILES string of the molecule is CC1CCCCC1OCCCC(=O)c1ccccc1. The van der Waals surface area contributed by atoms with Crippen LogP contribution in [-0.2, 0) is 4.74 Å². The van der Waals surface area contributed by atoms with E-state index >= 15 is 0 Å². The minimum atomic E-state index is 0.223. The Morgan fingerprint density at radius 3 is 2.68 bits per heavy atom. The van der Waals surface area contributed by atoms with Gasteiger partial charge in [0.2, 0.25) is 0 Å². The van der Waals surface area contributed by atoms with Crippen LogP contribution in [0.3, 0.4) is 0 Å². The summed E-state index contributed by atoms with van der Waals surface area (Å²) in [6, 6.07) is 9.52. The van der Waals surface area contributed by atoms with E-state index in [4.69, 9.17) is 4.74 Å². The van der Waals surface area contributed by atoms with Gasteiger partial charge in [-0.15, -0.1) is 0 Å². The van der Waals surface area contributed by atoms with Crippen molar-refractivity contribution in [3.8, 4) is 0 Å². The fourth-order valence-electron chi connectivity index (χ4n) is 2.77. The molecule has 0 amide bonds. The quantitative estimate of drug-likeness (QED) is 0.564. The van der Waals surface area contributed by atoms with Crippen LogP contribution in [0.5, 0.6) is 0 Å². The van der Waals surface area contributed by atoms with Crippen LogP contribution in [0, 0.1) is 5.92 Å². The summed E-state index contributed by atoms with van der Waals surface area (Å²) in [5.74, 6) is 0.902. The van der Waals surface area contributed by atoms with Crippen LogP contribution in [-0.4, -0.2) is 18.5 Å². The van der Waals surface area contributed by atoms with Gasteiger partial charge in [-0.25, -0.2) is 0 Å². The van der Waals surface area contributed by atoms with Crippen molar-refractivity contribution in [3.63, 3.8) is 0 Å².